The highest BCUT2D eigenvalue weighted by Gasteiger charge is 2.29. The summed E-state index contributed by atoms with van der Waals surface area (Å²) in [4.78, 5) is 11.1. The molecule has 1 N–H and O–H groups in total. The number of hydrogen-bond donors (Lipinski definition) is 1. The van der Waals surface area contributed by atoms with Crippen molar-refractivity contribution in [2.24, 2.45) is 0 Å². The van der Waals surface area contributed by atoms with Gasteiger partial charge in [-0.25, -0.2) is 0 Å². The van der Waals surface area contributed by atoms with Gasteiger partial charge in [-0.05, 0) is 48.9 Å². The van der Waals surface area contributed by atoms with Gasteiger partial charge in [0.05, 0.1) is 5.56 Å². The maximum absolute atomic E-state index is 12.4. The van der Waals surface area contributed by atoms with Gasteiger partial charge in [-0.2, -0.15) is 13.2 Å². The van der Waals surface area contributed by atoms with Crippen molar-refractivity contribution in [3.8, 4) is 0 Å². The van der Waals surface area contributed by atoms with Crippen LogP contribution in [0, 0.1) is 0 Å². The number of alkyl halides is 3. The van der Waals surface area contributed by atoms with Crippen LogP contribution in [0.1, 0.15) is 28.4 Å². The van der Waals surface area contributed by atoms with Crippen molar-refractivity contribution in [1.82, 2.24) is 0 Å². The number of rotatable bonds is 4. The van der Waals surface area contributed by atoms with Crippen LogP contribution in [0.4, 0.5) is 18.9 Å². The first-order valence-electron chi connectivity index (χ1n) is 6.37. The highest BCUT2D eigenvalue weighted by Crippen LogP contribution is 2.29. The summed E-state index contributed by atoms with van der Waals surface area (Å²) in [5.41, 5.74) is 1.52. The minimum Gasteiger partial charge on any atom is -0.381 e. The fourth-order valence-corrected chi connectivity index (χ4v) is 1.84. The van der Waals surface area contributed by atoms with Crippen molar-refractivity contribution in [3.05, 3.63) is 65.2 Å². The van der Waals surface area contributed by atoms with E-state index in [1.807, 2.05) is 0 Å². The third-order valence-corrected chi connectivity index (χ3v) is 3.07. The Morgan fingerprint density at radius 1 is 1.00 bits per heavy atom. The lowest BCUT2D eigenvalue weighted by molar-refractivity contribution is -0.137. The van der Waals surface area contributed by atoms with Gasteiger partial charge in [0.15, 0.2) is 5.78 Å². The molecular weight excluding hydrogens is 279 g/mol. The van der Waals surface area contributed by atoms with Gasteiger partial charge in [0.2, 0.25) is 0 Å². The van der Waals surface area contributed by atoms with E-state index in [0.717, 1.165) is 23.4 Å². The second kappa shape index (κ2) is 5.99. The summed E-state index contributed by atoms with van der Waals surface area (Å²) >= 11 is 0. The maximum Gasteiger partial charge on any atom is 0.416 e. The standard InChI is InChI=1S/C16H14F3NO/c1-11(21)13-4-8-15(9-5-13)20-10-12-2-6-14(7-3-12)16(17,18)19/h2-9,20H,10H2,1H3. The molecule has 0 aromatic heterocycles. The summed E-state index contributed by atoms with van der Waals surface area (Å²) in [5, 5.41) is 3.09. The van der Waals surface area contributed by atoms with Gasteiger partial charge >= 0.3 is 6.18 Å². The number of nitrogens with one attached hydrogen (secondary N) is 1. The molecule has 0 aliphatic carbocycles. The monoisotopic (exact) mass is 293 g/mol. The molecule has 0 amide bonds. The summed E-state index contributed by atoms with van der Waals surface area (Å²) < 4.78 is 37.3. The van der Waals surface area contributed by atoms with Gasteiger partial charge in [-0.3, -0.25) is 4.79 Å². The van der Waals surface area contributed by atoms with Crippen LogP contribution in [0.2, 0.25) is 0 Å². The summed E-state index contributed by atoms with van der Waals surface area (Å²) in [6.07, 6.45) is -4.31. The lowest BCUT2D eigenvalue weighted by atomic mass is 10.1. The SMILES string of the molecule is CC(=O)c1ccc(NCc2ccc(C(F)(F)F)cc2)cc1. The number of hydrogen-bond acceptors (Lipinski definition) is 2. The quantitative estimate of drug-likeness (QED) is 0.840. The normalized spacial score (nSPS) is 11.2. The molecule has 0 fully saturated rings. The summed E-state index contributed by atoms with van der Waals surface area (Å²) in [5.74, 6) is -0.00992. The largest absolute Gasteiger partial charge is 0.416 e. The molecule has 21 heavy (non-hydrogen) atoms. The molecule has 0 saturated carbocycles. The number of benzene rings is 2. The molecule has 2 rings (SSSR count). The molecule has 0 aliphatic rings. The van der Waals surface area contributed by atoms with Gasteiger partial charge in [-0.1, -0.05) is 12.1 Å². The van der Waals surface area contributed by atoms with Crippen LogP contribution in [0.3, 0.4) is 0 Å². The van der Waals surface area contributed by atoms with Crippen LogP contribution in [-0.2, 0) is 12.7 Å². The van der Waals surface area contributed by atoms with Gasteiger partial charge in [0.1, 0.15) is 0 Å². The predicted molar refractivity (Wildman–Crippen MR) is 75.2 cm³/mol. The van der Waals surface area contributed by atoms with Crippen LogP contribution in [0.15, 0.2) is 48.5 Å². The van der Waals surface area contributed by atoms with Gasteiger partial charge < -0.3 is 5.32 Å². The first-order chi connectivity index (χ1) is 9.86. The Bertz CT molecular complexity index is 615. The van der Waals surface area contributed by atoms with E-state index < -0.39 is 11.7 Å². The zero-order valence-corrected chi connectivity index (χ0v) is 11.4. The molecular formula is C16H14F3NO. The molecule has 0 heterocycles. The van der Waals surface area contributed by atoms with Crippen LogP contribution in [-0.4, -0.2) is 5.78 Å². The molecule has 0 bridgehead atoms. The van der Waals surface area contributed by atoms with Crippen molar-refractivity contribution < 1.29 is 18.0 Å². The molecule has 110 valence electrons. The molecule has 2 aromatic rings. The Labute approximate surface area is 120 Å². The van der Waals surface area contributed by atoms with E-state index in [-0.39, 0.29) is 5.78 Å². The van der Waals surface area contributed by atoms with Crippen LogP contribution in [0.25, 0.3) is 0 Å². The van der Waals surface area contributed by atoms with E-state index in [4.69, 9.17) is 0 Å². The van der Waals surface area contributed by atoms with E-state index in [0.29, 0.717) is 12.1 Å². The molecule has 0 spiro atoms. The summed E-state index contributed by atoms with van der Waals surface area (Å²) in [6.45, 7) is 1.90. The van der Waals surface area contributed by atoms with Crippen molar-refractivity contribution in [2.75, 3.05) is 5.32 Å². The Kier molecular flexibility index (Phi) is 4.31. The number of Topliss-reactive ketones (excluding diaryl/α,β-unsaturated/α-hetero) is 1. The zero-order chi connectivity index (χ0) is 15.5. The van der Waals surface area contributed by atoms with Crippen LogP contribution in [0.5, 0.6) is 0 Å². The number of carbonyl (C=O) groups excluding carboxylic acids is 1. The second-order valence-electron chi connectivity index (χ2n) is 4.68. The van der Waals surface area contributed by atoms with Gasteiger partial charge in [0.25, 0.3) is 0 Å². The lowest BCUT2D eigenvalue weighted by Gasteiger charge is -2.09. The number of ketones is 1. The molecule has 2 aromatic carbocycles. The molecule has 0 aliphatic heterocycles. The molecule has 0 atom stereocenters. The molecule has 0 radical (unpaired) electrons. The van der Waals surface area contributed by atoms with E-state index in [9.17, 15) is 18.0 Å². The predicted octanol–water partition coefficient (Wildman–Crippen LogP) is 4.52. The van der Waals surface area contributed by atoms with Gasteiger partial charge in [-0.15, -0.1) is 0 Å². The third-order valence-electron chi connectivity index (χ3n) is 3.07. The average molecular weight is 293 g/mol. The summed E-state index contributed by atoms with van der Waals surface area (Å²) in [7, 11) is 0. The minimum atomic E-state index is -4.31. The molecule has 2 nitrogen and oxygen atoms in total. The van der Waals surface area contributed by atoms with E-state index in [1.165, 1.54) is 19.1 Å². The lowest BCUT2D eigenvalue weighted by Crippen LogP contribution is -2.05. The number of halogens is 3. The van der Waals surface area contributed by atoms with Gasteiger partial charge in [0, 0.05) is 17.8 Å². The topological polar surface area (TPSA) is 29.1 Å². The Morgan fingerprint density at radius 3 is 2.05 bits per heavy atom. The zero-order valence-electron chi connectivity index (χ0n) is 11.4. The number of carbonyl (C=O) groups is 1. The minimum absolute atomic E-state index is 0.00992. The van der Waals surface area contributed by atoms with Crippen molar-refractivity contribution >= 4 is 11.5 Å². The van der Waals surface area contributed by atoms with Crippen molar-refractivity contribution in [3.63, 3.8) is 0 Å². The fraction of sp³-hybridized carbons (Fsp3) is 0.188. The fourth-order valence-electron chi connectivity index (χ4n) is 1.84. The Balaban J connectivity index is 1.98. The van der Waals surface area contributed by atoms with Crippen molar-refractivity contribution in [1.29, 1.82) is 0 Å². The molecule has 0 saturated heterocycles. The van der Waals surface area contributed by atoms with Crippen LogP contribution < -0.4 is 5.32 Å². The smallest absolute Gasteiger partial charge is 0.381 e. The first-order valence-corrected chi connectivity index (χ1v) is 6.37. The Morgan fingerprint density at radius 2 is 1.57 bits per heavy atom. The van der Waals surface area contributed by atoms with E-state index >= 15 is 0 Å². The highest BCUT2D eigenvalue weighted by atomic mass is 19.4. The number of anilines is 1. The first kappa shape index (κ1) is 15.1. The second-order valence-corrected chi connectivity index (χ2v) is 4.68. The third kappa shape index (κ3) is 4.08. The Hall–Kier alpha value is -2.30. The summed E-state index contributed by atoms with van der Waals surface area (Å²) in [6, 6.07) is 12.0. The van der Waals surface area contributed by atoms with Crippen LogP contribution >= 0.6 is 0 Å². The average Bonchev–Trinajstić information content (AvgIpc) is 2.45. The van der Waals surface area contributed by atoms with E-state index in [1.54, 1.807) is 24.3 Å². The molecule has 0 unspecified atom stereocenters. The highest BCUT2D eigenvalue weighted by molar-refractivity contribution is 5.94. The van der Waals surface area contributed by atoms with E-state index in [2.05, 4.69) is 5.32 Å². The van der Waals surface area contributed by atoms with Crippen molar-refractivity contribution in [2.45, 2.75) is 19.6 Å². The molecule has 5 heteroatoms. The maximum atomic E-state index is 12.4.